The summed E-state index contributed by atoms with van der Waals surface area (Å²) in [6, 6.07) is 4.88. The van der Waals surface area contributed by atoms with Crippen molar-refractivity contribution in [3.05, 3.63) is 51.1 Å². The highest BCUT2D eigenvalue weighted by Crippen LogP contribution is 2.45. The van der Waals surface area contributed by atoms with Gasteiger partial charge in [0, 0.05) is 11.8 Å². The van der Waals surface area contributed by atoms with Crippen LogP contribution in [-0.2, 0) is 23.9 Å². The van der Waals surface area contributed by atoms with Crippen molar-refractivity contribution in [1.29, 1.82) is 0 Å². The molecule has 0 bridgehead atoms. The van der Waals surface area contributed by atoms with Crippen molar-refractivity contribution >= 4 is 35.4 Å². The van der Waals surface area contributed by atoms with E-state index >= 15 is 0 Å². The van der Waals surface area contributed by atoms with Crippen LogP contribution in [0, 0.1) is 10.1 Å². The maximum absolute atomic E-state index is 13.0. The Morgan fingerprint density at radius 1 is 1.27 bits per heavy atom. The summed E-state index contributed by atoms with van der Waals surface area (Å²) in [4.78, 5) is 46.0. The van der Waals surface area contributed by atoms with E-state index in [4.69, 9.17) is 11.6 Å². The second-order valence-corrected chi connectivity index (χ2v) is 6.31. The zero-order valence-corrected chi connectivity index (χ0v) is 15.0. The second-order valence-electron chi connectivity index (χ2n) is 5.71. The number of hydrogen-bond acceptors (Lipinski definition) is 7. The van der Waals surface area contributed by atoms with Gasteiger partial charge < -0.3 is 9.47 Å². The van der Waals surface area contributed by atoms with E-state index in [2.05, 4.69) is 9.47 Å². The van der Waals surface area contributed by atoms with Crippen molar-refractivity contribution in [1.82, 2.24) is 0 Å². The van der Waals surface area contributed by atoms with E-state index in [-0.39, 0.29) is 5.56 Å². The molecule has 0 spiro atoms. The first-order valence-corrected chi connectivity index (χ1v) is 7.92. The molecular weight excluding hydrogens is 366 g/mol. The van der Waals surface area contributed by atoms with Crippen molar-refractivity contribution in [3.8, 4) is 0 Å². The number of Topliss-reactive ketones (excluding diaryl/α,β-unsaturated/α-hetero) is 1. The third-order valence-electron chi connectivity index (χ3n) is 4.34. The first kappa shape index (κ1) is 19.6. The third-order valence-corrected chi connectivity index (χ3v) is 4.90. The summed E-state index contributed by atoms with van der Waals surface area (Å²) in [5.41, 5.74) is 0.147. The van der Waals surface area contributed by atoms with Gasteiger partial charge in [-0.1, -0.05) is 35.9 Å². The Balaban J connectivity index is 2.88. The van der Waals surface area contributed by atoms with Gasteiger partial charge in [-0.05, 0) is 17.2 Å². The maximum Gasteiger partial charge on any atom is 0.341 e. The molecule has 0 heterocycles. The van der Waals surface area contributed by atoms with Crippen LogP contribution in [0.2, 0.25) is 0 Å². The summed E-state index contributed by atoms with van der Waals surface area (Å²) in [7, 11) is 2.07. The van der Waals surface area contributed by atoms with Crippen molar-refractivity contribution < 1.29 is 28.8 Å². The summed E-state index contributed by atoms with van der Waals surface area (Å²) in [6.07, 6.45) is 1.22. The molecule has 3 atom stereocenters. The van der Waals surface area contributed by atoms with Crippen LogP contribution < -0.4 is 0 Å². The van der Waals surface area contributed by atoms with Gasteiger partial charge in [-0.25, -0.2) is 9.59 Å². The predicted molar refractivity (Wildman–Crippen MR) is 91.2 cm³/mol. The number of carbonyl (C=O) groups excluding carboxylic acids is 3. The minimum atomic E-state index is -2.49. The lowest BCUT2D eigenvalue weighted by Crippen LogP contribution is -2.52. The second kappa shape index (κ2) is 7.25. The number of nitrogens with zero attached hydrogens (tertiary/aromatic N) is 1. The van der Waals surface area contributed by atoms with Crippen LogP contribution in [0.4, 0.5) is 0 Å². The lowest BCUT2D eigenvalue weighted by atomic mass is 9.77. The Bertz CT molecular complexity index is 819. The molecule has 0 aromatic heterocycles. The lowest BCUT2D eigenvalue weighted by molar-refractivity contribution is -0.522. The van der Waals surface area contributed by atoms with E-state index in [1.807, 2.05) is 0 Å². The van der Waals surface area contributed by atoms with E-state index in [0.717, 1.165) is 14.2 Å². The van der Waals surface area contributed by atoms with Crippen LogP contribution in [0.5, 0.6) is 0 Å². The maximum atomic E-state index is 13.0. The molecule has 8 nitrogen and oxygen atoms in total. The molecule has 0 saturated carbocycles. The van der Waals surface area contributed by atoms with Crippen molar-refractivity contribution in [2.45, 2.75) is 23.8 Å². The molecule has 0 aliphatic heterocycles. The molecule has 2 rings (SSSR count). The molecule has 1 aliphatic carbocycles. The fraction of sp³-hybridized carbons (Fsp3) is 0.353. The number of esters is 2. The Morgan fingerprint density at radius 3 is 2.42 bits per heavy atom. The van der Waals surface area contributed by atoms with Gasteiger partial charge >= 0.3 is 11.9 Å². The number of carbonyl (C=O) groups is 3. The SMILES string of the molecule is COC(=O)C1=Cc2ccccc2[C@H]([C@H](C)[N+](=O)[O-])[C@@](Cl)(C(=O)OC)C1=O. The molecule has 1 aromatic rings. The number of rotatable bonds is 4. The normalized spacial score (nSPS) is 23.2. The first-order valence-electron chi connectivity index (χ1n) is 7.54. The monoisotopic (exact) mass is 381 g/mol. The highest BCUT2D eigenvalue weighted by molar-refractivity contribution is 6.51. The van der Waals surface area contributed by atoms with E-state index in [9.17, 15) is 24.5 Å². The number of halogens is 1. The molecule has 0 saturated heterocycles. The van der Waals surface area contributed by atoms with Gasteiger partial charge in [0.05, 0.1) is 20.1 Å². The van der Waals surface area contributed by atoms with Gasteiger partial charge in [0.25, 0.3) is 0 Å². The topological polar surface area (TPSA) is 113 Å². The molecule has 0 N–H and O–H groups in total. The zero-order chi connectivity index (χ0) is 19.6. The number of nitro groups is 1. The van der Waals surface area contributed by atoms with Crippen LogP contribution in [0.3, 0.4) is 0 Å². The first-order chi connectivity index (χ1) is 12.2. The highest BCUT2D eigenvalue weighted by Gasteiger charge is 2.60. The van der Waals surface area contributed by atoms with Gasteiger partial charge in [-0.15, -0.1) is 0 Å². The summed E-state index contributed by atoms with van der Waals surface area (Å²) in [5.74, 6) is -4.66. The van der Waals surface area contributed by atoms with E-state index in [1.54, 1.807) is 18.2 Å². The van der Waals surface area contributed by atoms with Crippen LogP contribution in [0.15, 0.2) is 29.8 Å². The Morgan fingerprint density at radius 2 is 1.88 bits per heavy atom. The molecule has 0 radical (unpaired) electrons. The molecule has 9 heteroatoms. The fourth-order valence-electron chi connectivity index (χ4n) is 3.04. The van der Waals surface area contributed by atoms with Crippen LogP contribution >= 0.6 is 11.6 Å². The van der Waals surface area contributed by atoms with Crippen molar-refractivity contribution in [3.63, 3.8) is 0 Å². The Labute approximate surface area is 153 Å². The molecular formula is C17H16ClNO7. The summed E-state index contributed by atoms with van der Waals surface area (Å²) in [6.45, 7) is 1.23. The average Bonchev–Trinajstić information content (AvgIpc) is 2.73. The highest BCUT2D eigenvalue weighted by atomic mass is 35.5. The minimum Gasteiger partial charge on any atom is -0.467 e. The third kappa shape index (κ3) is 2.96. The Kier molecular flexibility index (Phi) is 5.46. The van der Waals surface area contributed by atoms with Gasteiger partial charge in [0.1, 0.15) is 5.57 Å². The van der Waals surface area contributed by atoms with Crippen LogP contribution in [-0.4, -0.2) is 47.8 Å². The van der Waals surface area contributed by atoms with Crippen LogP contribution in [0.25, 0.3) is 6.08 Å². The van der Waals surface area contributed by atoms with E-state index in [1.165, 1.54) is 19.1 Å². The molecule has 0 fully saturated rings. The predicted octanol–water partition coefficient (Wildman–Crippen LogP) is 1.73. The fourth-order valence-corrected chi connectivity index (χ4v) is 3.52. The van der Waals surface area contributed by atoms with Gasteiger partial charge in [-0.3, -0.25) is 14.9 Å². The Hall–Kier alpha value is -2.74. The van der Waals surface area contributed by atoms with Crippen molar-refractivity contribution in [2.75, 3.05) is 14.2 Å². The summed E-state index contributed by atoms with van der Waals surface area (Å²) >= 11 is 6.43. The number of ether oxygens (including phenoxy) is 2. The van der Waals surface area contributed by atoms with E-state index < -0.39 is 45.1 Å². The molecule has 1 aromatic carbocycles. The molecule has 0 unspecified atom stereocenters. The molecule has 1 aliphatic rings. The lowest BCUT2D eigenvalue weighted by Gasteiger charge is -2.31. The largest absolute Gasteiger partial charge is 0.467 e. The number of alkyl halides is 1. The molecule has 0 amide bonds. The molecule has 26 heavy (non-hydrogen) atoms. The summed E-state index contributed by atoms with van der Waals surface area (Å²) in [5, 5.41) is 11.5. The van der Waals surface area contributed by atoms with Crippen molar-refractivity contribution in [2.24, 2.45) is 0 Å². The molecule has 138 valence electrons. The minimum absolute atomic E-state index is 0.282. The van der Waals surface area contributed by atoms with Gasteiger partial charge in [-0.2, -0.15) is 0 Å². The number of hydrogen-bond donors (Lipinski definition) is 0. The van der Waals surface area contributed by atoms with Crippen LogP contribution in [0.1, 0.15) is 24.0 Å². The van der Waals surface area contributed by atoms with E-state index in [0.29, 0.717) is 5.56 Å². The summed E-state index contributed by atoms with van der Waals surface area (Å²) < 4.78 is 9.27. The average molecular weight is 382 g/mol. The number of methoxy groups -OCH3 is 2. The smallest absolute Gasteiger partial charge is 0.341 e. The number of benzene rings is 1. The zero-order valence-electron chi connectivity index (χ0n) is 14.2. The number of ketones is 1. The quantitative estimate of drug-likeness (QED) is 0.195. The van der Waals surface area contributed by atoms with Gasteiger partial charge in [0.2, 0.25) is 16.7 Å². The van der Waals surface area contributed by atoms with Gasteiger partial charge in [0.15, 0.2) is 0 Å². The number of fused-ring (bicyclic) bond motifs is 1. The standard InChI is InChI=1S/C17H16ClNO7/c1-9(19(23)24)13-11-7-5-4-6-10(11)8-12(15(21)25-2)14(20)17(13,18)16(22)26-3/h4-9,13H,1-3H3/t9-,13-,17-/m0/s1.